The van der Waals surface area contributed by atoms with E-state index < -0.39 is 0 Å². The number of hydrogen-bond acceptors (Lipinski definition) is 2. The number of nitrogens with zero attached hydrogens (tertiary/aromatic N) is 1. The monoisotopic (exact) mass is 201 g/mol. The van der Waals surface area contributed by atoms with Crippen LogP contribution in [-0.2, 0) is 4.79 Å². The maximum atomic E-state index is 11.9. The Hall–Kier alpha value is -1.31. The Morgan fingerprint density at radius 2 is 2.13 bits per heavy atom. The van der Waals surface area contributed by atoms with Crippen molar-refractivity contribution in [2.75, 3.05) is 18.5 Å². The van der Waals surface area contributed by atoms with Crippen LogP contribution in [0.15, 0.2) is 24.3 Å². The number of anilines is 1. The Labute approximate surface area is 89.9 Å². The smallest absolute Gasteiger partial charge is 0.140 e. The summed E-state index contributed by atoms with van der Waals surface area (Å²) in [7, 11) is 2.12. The average molecular weight is 201 g/mol. The van der Waals surface area contributed by atoms with Gasteiger partial charge in [0.2, 0.25) is 0 Å². The van der Waals surface area contributed by atoms with E-state index in [0.717, 1.165) is 19.4 Å². The van der Waals surface area contributed by atoms with Gasteiger partial charge in [-0.15, -0.1) is 0 Å². The molecule has 2 nitrogen and oxygen atoms in total. The Kier molecular flexibility index (Phi) is 1.84. The number of carbonyl (C=O) groups is 1. The molecule has 1 aromatic carbocycles. The van der Waals surface area contributed by atoms with Crippen LogP contribution < -0.4 is 4.90 Å². The third kappa shape index (κ3) is 1.21. The fraction of sp³-hybridized carbons (Fsp3) is 0.462. The van der Waals surface area contributed by atoms with E-state index in [-0.39, 0.29) is 5.92 Å². The van der Waals surface area contributed by atoms with Crippen molar-refractivity contribution in [2.45, 2.75) is 18.8 Å². The summed E-state index contributed by atoms with van der Waals surface area (Å²) in [5.41, 5.74) is 2.49. The number of Topliss-reactive ketones (excluding diaryl/α,β-unsaturated/α-hetero) is 1. The summed E-state index contributed by atoms with van der Waals surface area (Å²) in [5, 5.41) is 0. The van der Waals surface area contributed by atoms with Gasteiger partial charge in [-0.1, -0.05) is 18.2 Å². The van der Waals surface area contributed by atoms with E-state index in [9.17, 15) is 4.79 Å². The molecule has 2 aliphatic rings. The molecule has 0 N–H and O–H groups in total. The molecule has 1 aromatic rings. The SMILES string of the molecule is CN1CC2CCC(=O)C2c2ccccc21. The standard InChI is InChI=1S/C13H15NO/c1-14-8-9-6-7-12(15)13(9)10-4-2-3-5-11(10)14/h2-5,9,13H,6-8H2,1H3. The van der Waals surface area contributed by atoms with E-state index in [0.29, 0.717) is 11.7 Å². The molecule has 0 bridgehead atoms. The minimum absolute atomic E-state index is 0.192. The van der Waals surface area contributed by atoms with Gasteiger partial charge in [-0.25, -0.2) is 0 Å². The van der Waals surface area contributed by atoms with E-state index in [2.05, 4.69) is 30.1 Å². The summed E-state index contributed by atoms with van der Waals surface area (Å²) in [6.45, 7) is 1.04. The van der Waals surface area contributed by atoms with Crippen molar-refractivity contribution >= 4 is 11.5 Å². The minimum Gasteiger partial charge on any atom is -0.374 e. The molecular formula is C13H15NO. The maximum absolute atomic E-state index is 11.9. The van der Waals surface area contributed by atoms with Gasteiger partial charge in [0.1, 0.15) is 5.78 Å². The van der Waals surface area contributed by atoms with Crippen molar-refractivity contribution in [1.29, 1.82) is 0 Å². The number of para-hydroxylation sites is 1. The highest BCUT2D eigenvalue weighted by molar-refractivity contribution is 5.90. The Bertz CT molecular complexity index is 413. The number of hydrogen-bond donors (Lipinski definition) is 0. The second-order valence-corrected chi connectivity index (χ2v) is 4.68. The van der Waals surface area contributed by atoms with Crippen LogP contribution in [0, 0.1) is 5.92 Å². The van der Waals surface area contributed by atoms with Crippen LogP contribution in [0.25, 0.3) is 0 Å². The maximum Gasteiger partial charge on any atom is 0.140 e. The molecule has 2 unspecified atom stereocenters. The van der Waals surface area contributed by atoms with Crippen molar-refractivity contribution in [3.05, 3.63) is 29.8 Å². The minimum atomic E-state index is 0.192. The van der Waals surface area contributed by atoms with E-state index in [1.54, 1.807) is 0 Å². The largest absolute Gasteiger partial charge is 0.374 e. The average Bonchev–Trinajstić information content (AvgIpc) is 2.61. The summed E-state index contributed by atoms with van der Waals surface area (Å²) < 4.78 is 0. The Morgan fingerprint density at radius 3 is 3.00 bits per heavy atom. The third-order valence-corrected chi connectivity index (χ3v) is 3.77. The molecule has 0 amide bonds. The Balaban J connectivity index is 2.13. The van der Waals surface area contributed by atoms with Crippen molar-refractivity contribution in [1.82, 2.24) is 0 Å². The molecule has 1 heterocycles. The number of fused-ring (bicyclic) bond motifs is 3. The molecule has 2 atom stereocenters. The summed E-state index contributed by atoms with van der Waals surface area (Å²) in [4.78, 5) is 14.1. The second kappa shape index (κ2) is 3.09. The molecular weight excluding hydrogens is 186 g/mol. The van der Waals surface area contributed by atoms with Gasteiger partial charge in [-0.05, 0) is 24.0 Å². The summed E-state index contributed by atoms with van der Waals surface area (Å²) in [6.07, 6.45) is 1.85. The number of carbonyl (C=O) groups excluding carboxylic acids is 1. The fourth-order valence-electron chi connectivity index (χ4n) is 3.09. The predicted octanol–water partition coefficient (Wildman–Crippen LogP) is 2.20. The number of ketones is 1. The predicted molar refractivity (Wildman–Crippen MR) is 60.2 cm³/mol. The molecule has 78 valence electrons. The van der Waals surface area contributed by atoms with Crippen LogP contribution in [0.4, 0.5) is 5.69 Å². The van der Waals surface area contributed by atoms with Crippen LogP contribution in [0.1, 0.15) is 24.3 Å². The fourth-order valence-corrected chi connectivity index (χ4v) is 3.09. The molecule has 1 aliphatic carbocycles. The van der Waals surface area contributed by atoms with Gasteiger partial charge in [-0.2, -0.15) is 0 Å². The molecule has 3 rings (SSSR count). The van der Waals surface area contributed by atoms with Crippen molar-refractivity contribution in [3.63, 3.8) is 0 Å². The lowest BCUT2D eigenvalue weighted by Gasteiger charge is -2.35. The van der Waals surface area contributed by atoms with Gasteiger partial charge < -0.3 is 4.90 Å². The first-order chi connectivity index (χ1) is 7.27. The highest BCUT2D eigenvalue weighted by atomic mass is 16.1. The molecule has 0 radical (unpaired) electrons. The van der Waals surface area contributed by atoms with Crippen molar-refractivity contribution in [2.24, 2.45) is 5.92 Å². The van der Waals surface area contributed by atoms with Crippen LogP contribution in [0.3, 0.4) is 0 Å². The molecule has 2 heteroatoms. The molecule has 0 spiro atoms. The first kappa shape index (κ1) is 8.96. The quantitative estimate of drug-likeness (QED) is 0.641. The second-order valence-electron chi connectivity index (χ2n) is 4.68. The van der Waals surface area contributed by atoms with Crippen LogP contribution in [0.5, 0.6) is 0 Å². The molecule has 0 aromatic heterocycles. The normalized spacial score (nSPS) is 28.9. The number of benzene rings is 1. The van der Waals surface area contributed by atoms with E-state index in [1.165, 1.54) is 11.3 Å². The highest BCUT2D eigenvalue weighted by Crippen LogP contribution is 2.44. The summed E-state index contributed by atoms with van der Waals surface area (Å²) in [5.74, 6) is 1.19. The zero-order chi connectivity index (χ0) is 10.4. The summed E-state index contributed by atoms with van der Waals surface area (Å²) >= 11 is 0. The van der Waals surface area contributed by atoms with Gasteiger partial charge in [0.05, 0.1) is 0 Å². The van der Waals surface area contributed by atoms with Crippen LogP contribution in [0.2, 0.25) is 0 Å². The topological polar surface area (TPSA) is 20.3 Å². The lowest BCUT2D eigenvalue weighted by atomic mass is 9.83. The van der Waals surface area contributed by atoms with E-state index in [4.69, 9.17) is 0 Å². The van der Waals surface area contributed by atoms with Crippen molar-refractivity contribution in [3.8, 4) is 0 Å². The molecule has 1 fully saturated rings. The van der Waals surface area contributed by atoms with Gasteiger partial charge in [0, 0.05) is 31.6 Å². The zero-order valence-corrected chi connectivity index (χ0v) is 8.94. The van der Waals surface area contributed by atoms with E-state index in [1.807, 2.05) is 6.07 Å². The molecule has 1 aliphatic heterocycles. The zero-order valence-electron chi connectivity index (χ0n) is 8.94. The van der Waals surface area contributed by atoms with Crippen LogP contribution in [-0.4, -0.2) is 19.4 Å². The molecule has 15 heavy (non-hydrogen) atoms. The molecule has 0 saturated heterocycles. The summed E-state index contributed by atoms with van der Waals surface area (Å²) in [6, 6.07) is 8.33. The van der Waals surface area contributed by atoms with Crippen LogP contribution >= 0.6 is 0 Å². The number of rotatable bonds is 0. The first-order valence-electron chi connectivity index (χ1n) is 5.60. The third-order valence-electron chi connectivity index (χ3n) is 3.77. The lowest BCUT2D eigenvalue weighted by molar-refractivity contribution is -0.119. The highest BCUT2D eigenvalue weighted by Gasteiger charge is 2.40. The molecule has 1 saturated carbocycles. The van der Waals surface area contributed by atoms with Gasteiger partial charge in [0.15, 0.2) is 0 Å². The Morgan fingerprint density at radius 1 is 1.33 bits per heavy atom. The van der Waals surface area contributed by atoms with Gasteiger partial charge >= 0.3 is 0 Å². The van der Waals surface area contributed by atoms with E-state index >= 15 is 0 Å². The van der Waals surface area contributed by atoms with Crippen molar-refractivity contribution < 1.29 is 4.79 Å². The van der Waals surface area contributed by atoms with Gasteiger partial charge in [-0.3, -0.25) is 4.79 Å². The lowest BCUT2D eigenvalue weighted by Crippen LogP contribution is -2.34. The van der Waals surface area contributed by atoms with Gasteiger partial charge in [0.25, 0.3) is 0 Å². The first-order valence-corrected chi connectivity index (χ1v) is 5.60.